The lowest BCUT2D eigenvalue weighted by Gasteiger charge is -2.20. The smallest absolute Gasteiger partial charge is 0.153 e. The van der Waals surface area contributed by atoms with E-state index in [1.807, 2.05) is 6.92 Å². The van der Waals surface area contributed by atoms with Crippen LogP contribution in [0.25, 0.3) is 0 Å². The number of nitrogens with zero attached hydrogens (tertiary/aromatic N) is 1. The van der Waals surface area contributed by atoms with E-state index in [0.29, 0.717) is 5.56 Å². The topological polar surface area (TPSA) is 67.3 Å². The van der Waals surface area contributed by atoms with Gasteiger partial charge in [0, 0.05) is 17.5 Å². The lowest BCUT2D eigenvalue weighted by Crippen LogP contribution is -2.27. The Kier molecular flexibility index (Phi) is 2.31. The Bertz CT molecular complexity index is 466. The second-order valence-corrected chi connectivity index (χ2v) is 6.25. The lowest BCUT2D eigenvalue weighted by molar-refractivity contribution is 0.0649. The molecule has 2 heterocycles. The zero-order valence-corrected chi connectivity index (χ0v) is 9.29. The standard InChI is InChI=1S/C10H13NO3S/c1-8-2-3-9(6-11-8)10(12)4-5-15(13,14)7-10/h2-3,6,12H,4-5,7H2,1H3. The molecule has 0 aliphatic carbocycles. The van der Waals surface area contributed by atoms with Crippen molar-refractivity contribution >= 4 is 9.84 Å². The summed E-state index contributed by atoms with van der Waals surface area (Å²) in [6.45, 7) is 1.85. The second kappa shape index (κ2) is 3.28. The molecule has 15 heavy (non-hydrogen) atoms. The summed E-state index contributed by atoms with van der Waals surface area (Å²) < 4.78 is 22.6. The van der Waals surface area contributed by atoms with Crippen molar-refractivity contribution in [1.29, 1.82) is 0 Å². The highest BCUT2D eigenvalue weighted by atomic mass is 32.2. The highest BCUT2D eigenvalue weighted by Gasteiger charge is 2.42. The van der Waals surface area contributed by atoms with Gasteiger partial charge in [-0.15, -0.1) is 0 Å². The number of rotatable bonds is 1. The molecule has 5 heteroatoms. The van der Waals surface area contributed by atoms with E-state index in [1.165, 1.54) is 0 Å². The van der Waals surface area contributed by atoms with E-state index < -0.39 is 15.4 Å². The van der Waals surface area contributed by atoms with Gasteiger partial charge in [-0.05, 0) is 19.4 Å². The molecule has 1 atom stereocenters. The monoisotopic (exact) mass is 227 g/mol. The second-order valence-electron chi connectivity index (χ2n) is 4.06. The van der Waals surface area contributed by atoms with Gasteiger partial charge >= 0.3 is 0 Å². The summed E-state index contributed by atoms with van der Waals surface area (Å²) in [4.78, 5) is 4.06. The Morgan fingerprint density at radius 3 is 2.67 bits per heavy atom. The van der Waals surface area contributed by atoms with Crippen LogP contribution in [0.4, 0.5) is 0 Å². The molecule has 1 fully saturated rings. The number of hydrogen-bond acceptors (Lipinski definition) is 4. The lowest BCUT2D eigenvalue weighted by atomic mass is 9.95. The normalized spacial score (nSPS) is 29.2. The predicted molar refractivity (Wildman–Crippen MR) is 56.1 cm³/mol. The Balaban J connectivity index is 2.35. The highest BCUT2D eigenvalue weighted by Crippen LogP contribution is 2.32. The number of pyridine rings is 1. The minimum absolute atomic E-state index is 0.0530. The first-order valence-corrected chi connectivity index (χ1v) is 6.59. The summed E-state index contributed by atoms with van der Waals surface area (Å²) in [6, 6.07) is 3.52. The number of hydrogen-bond donors (Lipinski definition) is 1. The van der Waals surface area contributed by atoms with Gasteiger partial charge in [0.25, 0.3) is 0 Å². The van der Waals surface area contributed by atoms with Crippen molar-refractivity contribution in [2.45, 2.75) is 18.9 Å². The average Bonchev–Trinajstić information content (AvgIpc) is 2.43. The van der Waals surface area contributed by atoms with E-state index in [9.17, 15) is 13.5 Å². The maximum atomic E-state index is 11.3. The third-order valence-electron chi connectivity index (χ3n) is 2.73. The third-order valence-corrected chi connectivity index (χ3v) is 4.48. The number of aliphatic hydroxyl groups is 1. The fourth-order valence-electron chi connectivity index (χ4n) is 1.80. The van der Waals surface area contributed by atoms with Crippen molar-refractivity contribution in [3.05, 3.63) is 29.6 Å². The molecule has 0 saturated carbocycles. The van der Waals surface area contributed by atoms with Crippen LogP contribution in [-0.2, 0) is 15.4 Å². The molecule has 1 aliphatic heterocycles. The van der Waals surface area contributed by atoms with Crippen molar-refractivity contribution < 1.29 is 13.5 Å². The van der Waals surface area contributed by atoms with Crippen LogP contribution in [0.5, 0.6) is 0 Å². The summed E-state index contributed by atoms with van der Waals surface area (Å²) in [5.41, 5.74) is 0.205. The molecule has 0 radical (unpaired) electrons. The van der Waals surface area contributed by atoms with Gasteiger partial charge in [-0.2, -0.15) is 0 Å². The van der Waals surface area contributed by atoms with Gasteiger partial charge in [0.2, 0.25) is 0 Å². The molecule has 1 aromatic rings. The summed E-state index contributed by atoms with van der Waals surface area (Å²) in [5, 5.41) is 10.2. The van der Waals surface area contributed by atoms with Gasteiger partial charge in [-0.3, -0.25) is 4.98 Å². The van der Waals surface area contributed by atoms with Crippen molar-refractivity contribution in [3.63, 3.8) is 0 Å². The van der Waals surface area contributed by atoms with E-state index >= 15 is 0 Å². The van der Waals surface area contributed by atoms with Crippen molar-refractivity contribution in [3.8, 4) is 0 Å². The van der Waals surface area contributed by atoms with Crippen LogP contribution in [0.1, 0.15) is 17.7 Å². The first-order chi connectivity index (χ1) is 6.91. The zero-order chi connectivity index (χ0) is 11.1. The van der Waals surface area contributed by atoms with Crippen molar-refractivity contribution in [2.24, 2.45) is 0 Å². The fourth-order valence-corrected chi connectivity index (χ4v) is 3.63. The molecule has 0 bridgehead atoms. The van der Waals surface area contributed by atoms with Gasteiger partial charge in [0.1, 0.15) is 5.60 Å². The van der Waals surface area contributed by atoms with Gasteiger partial charge in [0.05, 0.1) is 11.5 Å². The van der Waals surface area contributed by atoms with E-state index in [0.717, 1.165) is 5.69 Å². The van der Waals surface area contributed by atoms with Crippen LogP contribution in [0.3, 0.4) is 0 Å². The van der Waals surface area contributed by atoms with Gasteiger partial charge in [0.15, 0.2) is 9.84 Å². The Morgan fingerprint density at radius 1 is 1.47 bits per heavy atom. The van der Waals surface area contributed by atoms with Crippen LogP contribution in [0, 0.1) is 6.92 Å². The molecule has 1 N–H and O–H groups in total. The van der Waals surface area contributed by atoms with E-state index in [4.69, 9.17) is 0 Å². The molecule has 1 aromatic heterocycles. The summed E-state index contributed by atoms with van der Waals surface area (Å²) in [7, 11) is -3.09. The number of aryl methyl sites for hydroxylation is 1. The molecule has 0 aromatic carbocycles. The minimum Gasteiger partial charge on any atom is -0.384 e. The van der Waals surface area contributed by atoms with E-state index in [1.54, 1.807) is 18.3 Å². The zero-order valence-electron chi connectivity index (χ0n) is 8.47. The van der Waals surface area contributed by atoms with Crippen LogP contribution < -0.4 is 0 Å². The third kappa shape index (κ3) is 2.03. The molecule has 0 amide bonds. The van der Waals surface area contributed by atoms with E-state index in [-0.39, 0.29) is 17.9 Å². The molecule has 4 nitrogen and oxygen atoms in total. The maximum absolute atomic E-state index is 11.3. The maximum Gasteiger partial charge on any atom is 0.153 e. The van der Waals surface area contributed by atoms with E-state index in [2.05, 4.69) is 4.98 Å². The molecule has 2 rings (SSSR count). The largest absolute Gasteiger partial charge is 0.384 e. The molecular formula is C10H13NO3S. The minimum atomic E-state index is -3.09. The van der Waals surface area contributed by atoms with Crippen LogP contribution in [-0.4, -0.2) is 30.0 Å². The molecular weight excluding hydrogens is 214 g/mol. The van der Waals surface area contributed by atoms with Gasteiger partial charge in [-0.25, -0.2) is 8.42 Å². The highest BCUT2D eigenvalue weighted by molar-refractivity contribution is 7.91. The Morgan fingerprint density at radius 2 is 2.20 bits per heavy atom. The molecule has 1 unspecified atom stereocenters. The Labute approximate surface area is 88.9 Å². The Hall–Kier alpha value is -0.940. The van der Waals surface area contributed by atoms with Crippen LogP contribution in [0.15, 0.2) is 18.3 Å². The average molecular weight is 227 g/mol. The van der Waals surface area contributed by atoms with Crippen LogP contribution >= 0.6 is 0 Å². The van der Waals surface area contributed by atoms with Gasteiger partial charge in [-0.1, -0.05) is 6.07 Å². The predicted octanol–water partition coefficient (Wildman–Crippen LogP) is 0.396. The first kappa shape index (κ1) is 10.6. The summed E-state index contributed by atoms with van der Waals surface area (Å²) >= 11 is 0. The molecule has 1 saturated heterocycles. The van der Waals surface area contributed by atoms with Crippen molar-refractivity contribution in [1.82, 2.24) is 4.98 Å². The van der Waals surface area contributed by atoms with Crippen molar-refractivity contribution in [2.75, 3.05) is 11.5 Å². The van der Waals surface area contributed by atoms with Gasteiger partial charge < -0.3 is 5.11 Å². The number of sulfone groups is 1. The fraction of sp³-hybridized carbons (Fsp3) is 0.500. The van der Waals surface area contributed by atoms with Crippen LogP contribution in [0.2, 0.25) is 0 Å². The molecule has 1 aliphatic rings. The molecule has 0 spiro atoms. The quantitative estimate of drug-likeness (QED) is 0.754. The summed E-state index contributed by atoms with van der Waals surface area (Å²) in [5.74, 6) is -0.137. The molecule has 82 valence electrons. The SMILES string of the molecule is Cc1ccc(C2(O)CCS(=O)(=O)C2)cn1. The number of aromatic nitrogens is 1. The first-order valence-electron chi connectivity index (χ1n) is 4.77. The summed E-state index contributed by atoms with van der Waals surface area (Å²) in [6.07, 6.45) is 1.82.